The largest absolute Gasteiger partial charge is 0.327 e. The molecule has 2 N–H and O–H groups in total. The van der Waals surface area contributed by atoms with Crippen molar-refractivity contribution in [1.29, 1.82) is 0 Å². The minimum absolute atomic E-state index is 0.547. The first-order valence-electron chi connectivity index (χ1n) is 3.87. The smallest absolute Gasteiger partial charge is 0.302 e. The summed E-state index contributed by atoms with van der Waals surface area (Å²) in [5.41, 5.74) is 0. The summed E-state index contributed by atoms with van der Waals surface area (Å²) in [4.78, 5) is 12.1. The van der Waals surface area contributed by atoms with E-state index in [2.05, 4.69) is 18.7 Å². The minimum Gasteiger partial charge on any atom is -0.302 e. The Hall–Kier alpha value is -0.610. The van der Waals surface area contributed by atoms with Crippen LogP contribution in [0.1, 0.15) is 13.8 Å². The van der Waals surface area contributed by atoms with Gasteiger partial charge in [0.2, 0.25) is 0 Å². The van der Waals surface area contributed by atoms with Crippen LogP contribution in [0.3, 0.4) is 0 Å². The highest BCUT2D eigenvalue weighted by atomic mass is 16.1. The summed E-state index contributed by atoms with van der Waals surface area (Å²) in [6.07, 6.45) is 1.60. The van der Waals surface area contributed by atoms with Gasteiger partial charge in [0.25, 0.3) is 0 Å². The molecule has 0 rings (SSSR count). The average Bonchev–Trinajstić information content (AvgIpc) is 2.06. The topological polar surface area (TPSA) is 49.6 Å². The maximum Gasteiger partial charge on any atom is 0.327 e. The van der Waals surface area contributed by atoms with Crippen LogP contribution in [0.4, 0.5) is 0 Å². The van der Waals surface area contributed by atoms with Crippen molar-refractivity contribution in [2.24, 2.45) is 5.84 Å². The average molecular weight is 158 g/mol. The number of nitrogens with zero attached hydrogens (tertiary/aromatic N) is 2. The summed E-state index contributed by atoms with van der Waals surface area (Å²) in [5, 5.41) is 1.04. The molecule has 0 atom stereocenters. The molecule has 0 aliphatic heterocycles. The van der Waals surface area contributed by atoms with Gasteiger partial charge < -0.3 is 4.90 Å². The van der Waals surface area contributed by atoms with Crippen LogP contribution in [-0.4, -0.2) is 42.5 Å². The molecule has 65 valence electrons. The number of amides is 1. The SMILES string of the molecule is CCN(CC)CCN(N)[C]=O. The zero-order valence-corrected chi connectivity index (χ0v) is 7.21. The lowest BCUT2D eigenvalue weighted by Gasteiger charge is -2.19. The van der Waals surface area contributed by atoms with Crippen LogP contribution in [0.15, 0.2) is 0 Å². The quantitative estimate of drug-likeness (QED) is 0.247. The van der Waals surface area contributed by atoms with Crippen molar-refractivity contribution in [3.63, 3.8) is 0 Å². The van der Waals surface area contributed by atoms with E-state index in [-0.39, 0.29) is 0 Å². The molecule has 0 aliphatic carbocycles. The van der Waals surface area contributed by atoms with E-state index in [1.54, 1.807) is 6.41 Å². The molecule has 1 amide bonds. The van der Waals surface area contributed by atoms with Crippen molar-refractivity contribution < 1.29 is 4.79 Å². The molecule has 0 aromatic heterocycles. The van der Waals surface area contributed by atoms with Gasteiger partial charge in [-0.15, -0.1) is 0 Å². The molecule has 0 unspecified atom stereocenters. The molecule has 11 heavy (non-hydrogen) atoms. The lowest BCUT2D eigenvalue weighted by atomic mass is 10.4. The molecule has 0 aromatic carbocycles. The number of hydrogen-bond acceptors (Lipinski definition) is 3. The molecule has 0 spiro atoms. The molecule has 0 saturated carbocycles. The number of likely N-dealkylation sites (N-methyl/N-ethyl adjacent to an activating group) is 1. The number of carbonyl (C=O) groups excluding carboxylic acids is 1. The Kier molecular flexibility index (Phi) is 5.78. The third kappa shape index (κ3) is 4.75. The molecular weight excluding hydrogens is 142 g/mol. The van der Waals surface area contributed by atoms with Gasteiger partial charge in [-0.05, 0) is 13.1 Å². The number of rotatable bonds is 6. The molecule has 0 aliphatic rings. The lowest BCUT2D eigenvalue weighted by Crippen LogP contribution is -2.38. The van der Waals surface area contributed by atoms with Gasteiger partial charge in [-0.3, -0.25) is 9.80 Å². The minimum atomic E-state index is 0.547. The van der Waals surface area contributed by atoms with E-state index in [0.29, 0.717) is 6.54 Å². The van der Waals surface area contributed by atoms with Gasteiger partial charge in [0.15, 0.2) is 0 Å². The summed E-state index contributed by atoms with van der Waals surface area (Å²) in [6.45, 7) is 7.50. The van der Waals surface area contributed by atoms with Crippen LogP contribution in [0.25, 0.3) is 0 Å². The molecule has 0 fully saturated rings. The molecule has 4 nitrogen and oxygen atoms in total. The Morgan fingerprint density at radius 1 is 1.27 bits per heavy atom. The van der Waals surface area contributed by atoms with Crippen LogP contribution in [0.2, 0.25) is 0 Å². The third-order valence-electron chi connectivity index (χ3n) is 1.67. The summed E-state index contributed by atoms with van der Waals surface area (Å²) in [7, 11) is 0. The van der Waals surface area contributed by atoms with Crippen LogP contribution >= 0.6 is 0 Å². The van der Waals surface area contributed by atoms with Gasteiger partial charge in [-0.1, -0.05) is 13.8 Å². The first-order chi connectivity index (χ1) is 5.24. The van der Waals surface area contributed by atoms with Crippen molar-refractivity contribution in [1.82, 2.24) is 9.91 Å². The van der Waals surface area contributed by atoms with Crippen molar-refractivity contribution in [2.75, 3.05) is 26.2 Å². The highest BCUT2D eigenvalue weighted by Crippen LogP contribution is 1.85. The fourth-order valence-electron chi connectivity index (χ4n) is 0.835. The normalized spacial score (nSPS) is 10.2. The maximum absolute atomic E-state index is 9.95. The van der Waals surface area contributed by atoms with Crippen LogP contribution in [0.5, 0.6) is 0 Å². The fourth-order valence-corrected chi connectivity index (χ4v) is 0.835. The monoisotopic (exact) mass is 158 g/mol. The van der Waals surface area contributed by atoms with Crippen LogP contribution < -0.4 is 5.84 Å². The van der Waals surface area contributed by atoms with Gasteiger partial charge in [-0.25, -0.2) is 5.84 Å². The summed E-state index contributed by atoms with van der Waals surface area (Å²) < 4.78 is 0. The van der Waals surface area contributed by atoms with E-state index in [9.17, 15) is 4.79 Å². The van der Waals surface area contributed by atoms with Gasteiger partial charge in [0.05, 0.1) is 6.54 Å². The van der Waals surface area contributed by atoms with E-state index in [1.807, 2.05) is 0 Å². The first kappa shape index (κ1) is 10.4. The zero-order valence-electron chi connectivity index (χ0n) is 7.21. The highest BCUT2D eigenvalue weighted by molar-refractivity contribution is 5.46. The van der Waals surface area contributed by atoms with Gasteiger partial charge in [0.1, 0.15) is 0 Å². The standard InChI is InChI=1S/C7H16N3O/c1-3-9(4-2)5-6-10(8)7-11/h3-6,8H2,1-2H3. The highest BCUT2D eigenvalue weighted by Gasteiger charge is 2.00. The van der Waals surface area contributed by atoms with Gasteiger partial charge in [0, 0.05) is 6.54 Å². The van der Waals surface area contributed by atoms with Crippen molar-refractivity contribution >= 4 is 6.41 Å². The second kappa shape index (κ2) is 6.12. The second-order valence-electron chi connectivity index (χ2n) is 2.31. The van der Waals surface area contributed by atoms with E-state index >= 15 is 0 Å². The fraction of sp³-hybridized carbons (Fsp3) is 0.857. The lowest BCUT2D eigenvalue weighted by molar-refractivity contribution is 0.265. The van der Waals surface area contributed by atoms with E-state index in [0.717, 1.165) is 24.6 Å². The Morgan fingerprint density at radius 2 is 1.82 bits per heavy atom. The Balaban J connectivity index is 3.41. The molecular formula is C7H16N3O. The predicted octanol–water partition coefficient (Wildman–Crippen LogP) is -0.429. The first-order valence-corrected chi connectivity index (χ1v) is 3.87. The van der Waals surface area contributed by atoms with Crippen LogP contribution in [-0.2, 0) is 4.79 Å². The molecule has 0 bridgehead atoms. The number of hydrazine groups is 1. The third-order valence-corrected chi connectivity index (χ3v) is 1.67. The molecule has 0 saturated heterocycles. The maximum atomic E-state index is 9.95. The van der Waals surface area contributed by atoms with Crippen molar-refractivity contribution in [3.8, 4) is 0 Å². The Bertz CT molecular complexity index is 104. The zero-order chi connectivity index (χ0) is 8.69. The summed E-state index contributed by atoms with van der Waals surface area (Å²) in [5.74, 6) is 5.21. The summed E-state index contributed by atoms with van der Waals surface area (Å²) >= 11 is 0. The van der Waals surface area contributed by atoms with Crippen molar-refractivity contribution in [2.45, 2.75) is 13.8 Å². The molecule has 0 heterocycles. The van der Waals surface area contributed by atoms with Gasteiger partial charge in [-0.2, -0.15) is 0 Å². The summed E-state index contributed by atoms with van der Waals surface area (Å²) in [6, 6.07) is 0. The Morgan fingerprint density at radius 3 is 2.18 bits per heavy atom. The molecule has 1 radical (unpaired) electrons. The van der Waals surface area contributed by atoms with E-state index < -0.39 is 0 Å². The van der Waals surface area contributed by atoms with E-state index in [4.69, 9.17) is 5.84 Å². The number of hydrogen-bond donors (Lipinski definition) is 1. The number of nitrogens with two attached hydrogens (primary N) is 1. The molecule has 4 heteroatoms. The Labute approximate surface area is 67.9 Å². The molecule has 0 aromatic rings. The second-order valence-corrected chi connectivity index (χ2v) is 2.31. The predicted molar refractivity (Wildman–Crippen MR) is 44.4 cm³/mol. The van der Waals surface area contributed by atoms with Crippen LogP contribution in [0, 0.1) is 0 Å². The van der Waals surface area contributed by atoms with E-state index in [1.165, 1.54) is 0 Å². The van der Waals surface area contributed by atoms with Crippen molar-refractivity contribution in [3.05, 3.63) is 0 Å². The van der Waals surface area contributed by atoms with Gasteiger partial charge >= 0.3 is 6.41 Å².